The number of allylic oxidation sites excluding steroid dienone is 2. The van der Waals surface area contributed by atoms with E-state index in [9.17, 15) is 27.6 Å². The smallest absolute Gasteiger partial charge is 0.264 e. The Morgan fingerprint density at radius 1 is 1.04 bits per heavy atom. The molecule has 0 bridgehead atoms. The van der Waals surface area contributed by atoms with Gasteiger partial charge in [0, 0.05) is 12.6 Å². The third-order valence-electron chi connectivity index (χ3n) is 4.63. The summed E-state index contributed by atoms with van der Waals surface area (Å²) in [5.74, 6) is -2.76. The van der Waals surface area contributed by atoms with Gasteiger partial charge >= 0.3 is 0 Å². The van der Waals surface area contributed by atoms with E-state index in [4.69, 9.17) is 0 Å². The van der Waals surface area contributed by atoms with Crippen LogP contribution < -0.4 is 10.0 Å². The molecule has 148 valence electrons. The molecule has 0 saturated carbocycles. The molecule has 1 saturated heterocycles. The minimum atomic E-state index is -3.97. The summed E-state index contributed by atoms with van der Waals surface area (Å²) in [4.78, 5) is 48.8. The average Bonchev–Trinajstić information content (AvgIpc) is 2.86. The van der Waals surface area contributed by atoms with Gasteiger partial charge in [0.15, 0.2) is 0 Å². The summed E-state index contributed by atoms with van der Waals surface area (Å²) < 4.78 is 25.6. The van der Waals surface area contributed by atoms with Crippen LogP contribution in [0.4, 0.5) is 5.69 Å². The van der Waals surface area contributed by atoms with E-state index in [0.29, 0.717) is 18.5 Å². The van der Waals surface area contributed by atoms with Crippen LogP contribution in [0.3, 0.4) is 0 Å². The molecule has 2 atom stereocenters. The van der Waals surface area contributed by atoms with Crippen LogP contribution in [0.5, 0.6) is 0 Å². The van der Waals surface area contributed by atoms with Crippen LogP contribution in [0, 0.1) is 11.8 Å². The number of imide groups is 1. The summed E-state index contributed by atoms with van der Waals surface area (Å²) >= 11 is 0. The van der Waals surface area contributed by atoms with Crippen molar-refractivity contribution >= 4 is 39.3 Å². The van der Waals surface area contributed by atoms with E-state index in [2.05, 4.69) is 5.32 Å². The molecule has 1 aromatic rings. The number of nitrogens with one attached hydrogen (secondary N) is 2. The van der Waals surface area contributed by atoms with Crippen molar-refractivity contribution < 1.29 is 27.6 Å². The summed E-state index contributed by atoms with van der Waals surface area (Å²) in [5.41, 5.74) is 0.296. The lowest BCUT2D eigenvalue weighted by Gasteiger charge is -2.14. The third-order valence-corrected chi connectivity index (χ3v) is 6.08. The van der Waals surface area contributed by atoms with Crippen molar-refractivity contribution in [2.75, 3.05) is 11.9 Å². The van der Waals surface area contributed by atoms with Crippen LogP contribution in [-0.2, 0) is 29.2 Å². The molecule has 1 heterocycles. The van der Waals surface area contributed by atoms with Crippen molar-refractivity contribution in [1.82, 2.24) is 9.62 Å². The fourth-order valence-electron chi connectivity index (χ4n) is 3.33. The lowest BCUT2D eigenvalue weighted by molar-refractivity contribution is -0.142. The minimum absolute atomic E-state index is 0.137. The number of rotatable bonds is 5. The Bertz CT molecular complexity index is 942. The number of fused-ring (bicyclic) bond motifs is 1. The maximum Gasteiger partial charge on any atom is 0.264 e. The molecule has 3 rings (SSSR count). The standard InChI is InChI=1S/C18H19N3O6S/c1-11(22)20-28(26,27)13-8-6-12(7-9-13)19-16(23)10-21-17(24)14-4-2-3-5-15(14)18(21)25/h2-3,6-9,14-15H,4-5,10H2,1H3,(H,19,23)(H,20,22)/t14-,15+. The van der Waals surface area contributed by atoms with Crippen LogP contribution in [-0.4, -0.2) is 43.5 Å². The molecule has 1 fully saturated rings. The number of hydrogen-bond acceptors (Lipinski definition) is 6. The molecule has 9 nitrogen and oxygen atoms in total. The molecule has 28 heavy (non-hydrogen) atoms. The number of anilines is 1. The average molecular weight is 405 g/mol. The maximum atomic E-state index is 12.4. The zero-order valence-electron chi connectivity index (χ0n) is 15.0. The molecule has 2 aliphatic rings. The Hall–Kier alpha value is -3.01. The van der Waals surface area contributed by atoms with Gasteiger partial charge in [-0.05, 0) is 37.1 Å². The van der Waals surface area contributed by atoms with E-state index in [-0.39, 0.29) is 16.7 Å². The molecular formula is C18H19N3O6S. The van der Waals surface area contributed by atoms with Gasteiger partial charge in [-0.1, -0.05) is 12.2 Å². The Balaban J connectivity index is 1.63. The topological polar surface area (TPSA) is 130 Å². The first kappa shape index (κ1) is 19.7. The number of amides is 4. The summed E-state index contributed by atoms with van der Waals surface area (Å²) in [5, 5.41) is 2.53. The number of hydrogen-bond donors (Lipinski definition) is 2. The van der Waals surface area contributed by atoms with Gasteiger partial charge < -0.3 is 5.32 Å². The lowest BCUT2D eigenvalue weighted by Crippen LogP contribution is -2.38. The number of carbonyl (C=O) groups is 4. The maximum absolute atomic E-state index is 12.4. The van der Waals surface area contributed by atoms with Gasteiger partial charge in [0.2, 0.25) is 23.6 Å². The van der Waals surface area contributed by atoms with Gasteiger partial charge in [0.25, 0.3) is 10.0 Å². The molecule has 1 aliphatic carbocycles. The fourth-order valence-corrected chi connectivity index (χ4v) is 4.33. The Morgan fingerprint density at radius 3 is 2.07 bits per heavy atom. The second-order valence-corrected chi connectivity index (χ2v) is 8.34. The highest BCUT2D eigenvalue weighted by atomic mass is 32.2. The van der Waals surface area contributed by atoms with E-state index in [1.54, 1.807) is 0 Å². The first-order valence-corrected chi connectivity index (χ1v) is 10.1. The number of benzene rings is 1. The summed E-state index contributed by atoms with van der Waals surface area (Å²) in [7, 11) is -3.97. The molecule has 2 N–H and O–H groups in total. The van der Waals surface area contributed by atoms with Crippen LogP contribution >= 0.6 is 0 Å². The quantitative estimate of drug-likeness (QED) is 0.539. The Kier molecular flexibility index (Phi) is 5.32. The predicted molar refractivity (Wildman–Crippen MR) is 98.1 cm³/mol. The van der Waals surface area contributed by atoms with Gasteiger partial charge in [0.1, 0.15) is 6.54 Å². The second kappa shape index (κ2) is 7.55. The van der Waals surface area contributed by atoms with E-state index in [1.165, 1.54) is 24.3 Å². The SMILES string of the molecule is CC(=O)NS(=O)(=O)c1ccc(NC(=O)CN2C(=O)[C@H]3CC=CC[C@H]3C2=O)cc1. The highest BCUT2D eigenvalue weighted by molar-refractivity contribution is 7.90. The number of sulfonamides is 1. The lowest BCUT2D eigenvalue weighted by atomic mass is 9.85. The molecule has 10 heteroatoms. The Labute approximate surface area is 161 Å². The zero-order valence-corrected chi connectivity index (χ0v) is 15.9. The van der Waals surface area contributed by atoms with E-state index in [1.807, 2.05) is 16.9 Å². The van der Waals surface area contributed by atoms with Crippen LogP contribution in [0.15, 0.2) is 41.3 Å². The van der Waals surface area contributed by atoms with E-state index < -0.39 is 40.2 Å². The normalized spacial score (nSPS) is 21.4. The predicted octanol–water partition coefficient (Wildman–Crippen LogP) is 0.401. The van der Waals surface area contributed by atoms with Gasteiger partial charge in [-0.2, -0.15) is 0 Å². The summed E-state index contributed by atoms with van der Waals surface area (Å²) in [6.07, 6.45) is 4.73. The van der Waals surface area contributed by atoms with Crippen molar-refractivity contribution in [1.29, 1.82) is 0 Å². The molecule has 0 spiro atoms. The largest absolute Gasteiger partial charge is 0.325 e. The summed E-state index contributed by atoms with van der Waals surface area (Å²) in [6.45, 7) is 0.690. The van der Waals surface area contributed by atoms with Crippen molar-refractivity contribution in [3.05, 3.63) is 36.4 Å². The molecule has 4 amide bonds. The summed E-state index contributed by atoms with van der Waals surface area (Å²) in [6, 6.07) is 5.16. The first-order valence-electron chi connectivity index (χ1n) is 8.62. The second-order valence-electron chi connectivity index (χ2n) is 6.65. The van der Waals surface area contributed by atoms with Crippen LogP contribution in [0.1, 0.15) is 19.8 Å². The fraction of sp³-hybridized carbons (Fsp3) is 0.333. The van der Waals surface area contributed by atoms with E-state index in [0.717, 1.165) is 11.8 Å². The van der Waals surface area contributed by atoms with Crippen molar-refractivity contribution in [2.24, 2.45) is 11.8 Å². The molecule has 1 aliphatic heterocycles. The first-order chi connectivity index (χ1) is 13.2. The molecule has 1 aromatic carbocycles. The van der Waals surface area contributed by atoms with Gasteiger partial charge in [-0.15, -0.1) is 0 Å². The number of nitrogens with zero attached hydrogens (tertiary/aromatic N) is 1. The minimum Gasteiger partial charge on any atom is -0.325 e. The molecule has 0 aromatic heterocycles. The molecular weight excluding hydrogens is 386 g/mol. The number of likely N-dealkylation sites (tertiary alicyclic amines) is 1. The van der Waals surface area contributed by atoms with Crippen molar-refractivity contribution in [3.63, 3.8) is 0 Å². The van der Waals surface area contributed by atoms with E-state index >= 15 is 0 Å². The van der Waals surface area contributed by atoms with Crippen molar-refractivity contribution in [3.8, 4) is 0 Å². The van der Waals surface area contributed by atoms with Crippen LogP contribution in [0.25, 0.3) is 0 Å². The zero-order chi connectivity index (χ0) is 20.5. The number of carbonyl (C=O) groups excluding carboxylic acids is 4. The highest BCUT2D eigenvalue weighted by Crippen LogP contribution is 2.34. The molecule has 0 radical (unpaired) electrons. The Morgan fingerprint density at radius 2 is 1.57 bits per heavy atom. The highest BCUT2D eigenvalue weighted by Gasteiger charge is 2.47. The van der Waals surface area contributed by atoms with Crippen molar-refractivity contribution in [2.45, 2.75) is 24.7 Å². The molecule has 0 unspecified atom stereocenters. The third kappa shape index (κ3) is 3.96. The monoisotopic (exact) mass is 405 g/mol. The van der Waals surface area contributed by atoms with Gasteiger partial charge in [-0.25, -0.2) is 13.1 Å². The van der Waals surface area contributed by atoms with Crippen LogP contribution in [0.2, 0.25) is 0 Å². The van der Waals surface area contributed by atoms with Gasteiger partial charge in [-0.3, -0.25) is 24.1 Å². The van der Waals surface area contributed by atoms with Gasteiger partial charge in [0.05, 0.1) is 16.7 Å².